The number of benzene rings is 2. The molecule has 1 amide bonds. The van der Waals surface area contributed by atoms with Gasteiger partial charge in [-0.3, -0.25) is 4.79 Å². The minimum absolute atomic E-state index is 0.0471. The van der Waals surface area contributed by atoms with Gasteiger partial charge in [0.15, 0.2) is 0 Å². The summed E-state index contributed by atoms with van der Waals surface area (Å²) in [6.45, 7) is 0. The number of fused-ring (bicyclic) bond motifs is 1. The molecule has 2 aromatic rings. The van der Waals surface area contributed by atoms with Gasteiger partial charge in [-0.15, -0.1) is 0 Å². The van der Waals surface area contributed by atoms with Crippen molar-refractivity contribution in [1.29, 1.82) is 0 Å². The van der Waals surface area contributed by atoms with E-state index < -0.39 is 0 Å². The van der Waals surface area contributed by atoms with E-state index in [0.717, 1.165) is 36.2 Å². The lowest BCUT2D eigenvalue weighted by Gasteiger charge is -2.25. The molecule has 2 aromatic carbocycles. The summed E-state index contributed by atoms with van der Waals surface area (Å²) in [5.41, 5.74) is 4.13. The minimum Gasteiger partial charge on any atom is -0.376 e. The number of nitrogens with one attached hydrogen (secondary N) is 1. The molecule has 0 aliphatic heterocycles. The molecular weight excluding hydrogens is 308 g/mol. The van der Waals surface area contributed by atoms with Crippen molar-refractivity contribution in [2.45, 2.75) is 25.2 Å². The molecule has 4 heteroatoms. The van der Waals surface area contributed by atoms with Crippen LogP contribution in [0.1, 0.15) is 29.9 Å². The maximum absolute atomic E-state index is 12.7. The van der Waals surface area contributed by atoms with E-state index in [1.165, 1.54) is 5.56 Å². The fourth-order valence-electron chi connectivity index (χ4n) is 3.20. The van der Waals surface area contributed by atoms with Gasteiger partial charge >= 0.3 is 0 Å². The van der Waals surface area contributed by atoms with Gasteiger partial charge in [-0.2, -0.15) is 0 Å². The van der Waals surface area contributed by atoms with Gasteiger partial charge in [-0.05, 0) is 48.6 Å². The molecule has 1 N–H and O–H groups in total. The Morgan fingerprint density at radius 2 is 2.00 bits per heavy atom. The zero-order chi connectivity index (χ0) is 16.4. The first-order valence-corrected chi connectivity index (χ1v) is 8.29. The van der Waals surface area contributed by atoms with Crippen molar-refractivity contribution >= 4 is 28.9 Å². The Labute approximate surface area is 142 Å². The lowest BCUT2D eigenvalue weighted by molar-refractivity contribution is -0.117. The van der Waals surface area contributed by atoms with Gasteiger partial charge < -0.3 is 10.2 Å². The van der Waals surface area contributed by atoms with Crippen molar-refractivity contribution in [3.05, 3.63) is 58.6 Å². The molecule has 120 valence electrons. The largest absolute Gasteiger partial charge is 0.376 e. The molecule has 3 nitrogen and oxygen atoms in total. The molecule has 0 fully saturated rings. The van der Waals surface area contributed by atoms with Crippen LogP contribution in [-0.4, -0.2) is 20.0 Å². The number of hydrogen-bond acceptors (Lipinski definition) is 2. The number of rotatable bonds is 3. The Morgan fingerprint density at radius 1 is 1.22 bits per heavy atom. The van der Waals surface area contributed by atoms with Gasteiger partial charge in [0.25, 0.3) is 0 Å². The molecule has 0 spiro atoms. The van der Waals surface area contributed by atoms with Crippen LogP contribution >= 0.6 is 11.6 Å². The average Bonchev–Trinajstić information content (AvgIpc) is 2.54. The Hall–Kier alpha value is -2.00. The molecule has 3 rings (SSSR count). The van der Waals surface area contributed by atoms with E-state index >= 15 is 0 Å². The highest BCUT2D eigenvalue weighted by Gasteiger charge is 2.26. The molecule has 0 saturated carbocycles. The van der Waals surface area contributed by atoms with Gasteiger partial charge in [0, 0.05) is 19.8 Å². The molecule has 0 aromatic heterocycles. The van der Waals surface area contributed by atoms with Crippen molar-refractivity contribution in [1.82, 2.24) is 0 Å². The molecule has 0 radical (unpaired) electrons. The molecule has 0 saturated heterocycles. The first-order chi connectivity index (χ1) is 11.1. The monoisotopic (exact) mass is 328 g/mol. The topological polar surface area (TPSA) is 32.3 Å². The molecule has 1 aliphatic rings. The third-order valence-corrected chi connectivity index (χ3v) is 4.69. The van der Waals surface area contributed by atoms with Gasteiger partial charge in [0.2, 0.25) is 5.91 Å². The van der Waals surface area contributed by atoms with Crippen molar-refractivity contribution in [2.75, 3.05) is 24.3 Å². The maximum atomic E-state index is 12.7. The van der Waals surface area contributed by atoms with Crippen LogP contribution in [0, 0.1) is 0 Å². The number of halogens is 1. The van der Waals surface area contributed by atoms with E-state index in [1.807, 2.05) is 49.3 Å². The van der Waals surface area contributed by atoms with Crippen LogP contribution < -0.4 is 10.2 Å². The summed E-state index contributed by atoms with van der Waals surface area (Å²) in [5, 5.41) is 3.65. The Morgan fingerprint density at radius 3 is 2.74 bits per heavy atom. The second kappa shape index (κ2) is 6.63. The summed E-state index contributed by atoms with van der Waals surface area (Å²) in [6, 6.07) is 13.9. The maximum Gasteiger partial charge on any atom is 0.231 e. The molecule has 0 bridgehead atoms. The zero-order valence-corrected chi connectivity index (χ0v) is 14.2. The summed E-state index contributed by atoms with van der Waals surface area (Å²) in [6.07, 6.45) is 3.01. The highest BCUT2D eigenvalue weighted by atomic mass is 35.5. The standard InChI is InChI=1S/C19H21ClN2O/c1-22(2)18-11-10-14(12-17(18)20)21-19(23)16-9-5-7-13-6-3-4-8-15(13)16/h3-4,6,8,10-12,16H,5,7,9H2,1-2H3,(H,21,23). The lowest BCUT2D eigenvalue weighted by Crippen LogP contribution is -2.24. The normalized spacial score (nSPS) is 16.6. The fourth-order valence-corrected chi connectivity index (χ4v) is 3.55. The van der Waals surface area contributed by atoms with Crippen molar-refractivity contribution in [2.24, 2.45) is 0 Å². The number of hydrogen-bond donors (Lipinski definition) is 1. The van der Waals surface area contributed by atoms with Gasteiger partial charge in [-0.25, -0.2) is 0 Å². The third kappa shape index (κ3) is 3.35. The molecule has 1 aliphatic carbocycles. The smallest absolute Gasteiger partial charge is 0.231 e. The van der Waals surface area contributed by atoms with E-state index in [9.17, 15) is 4.79 Å². The number of aryl methyl sites for hydroxylation is 1. The molecule has 0 heterocycles. The van der Waals surface area contributed by atoms with E-state index in [1.54, 1.807) is 0 Å². The molecule has 1 atom stereocenters. The summed E-state index contributed by atoms with van der Waals surface area (Å²) in [7, 11) is 3.89. The quantitative estimate of drug-likeness (QED) is 0.902. The van der Waals surface area contributed by atoms with Gasteiger partial charge in [-0.1, -0.05) is 35.9 Å². The van der Waals surface area contributed by atoms with E-state index in [2.05, 4.69) is 17.4 Å². The second-order valence-corrected chi connectivity index (χ2v) is 6.60. The van der Waals surface area contributed by atoms with Gasteiger partial charge in [0.05, 0.1) is 16.6 Å². The van der Waals surface area contributed by atoms with Crippen LogP contribution in [0.4, 0.5) is 11.4 Å². The summed E-state index contributed by atoms with van der Waals surface area (Å²) in [5.74, 6) is -0.0296. The Balaban J connectivity index is 1.79. The van der Waals surface area contributed by atoms with Crippen LogP contribution in [0.25, 0.3) is 0 Å². The SMILES string of the molecule is CN(C)c1ccc(NC(=O)C2CCCc3ccccc32)cc1Cl. The van der Waals surface area contributed by atoms with Crippen molar-refractivity contribution < 1.29 is 4.79 Å². The van der Waals surface area contributed by atoms with Crippen LogP contribution in [-0.2, 0) is 11.2 Å². The first kappa shape index (κ1) is 15.9. The first-order valence-electron chi connectivity index (χ1n) is 7.92. The zero-order valence-electron chi connectivity index (χ0n) is 13.5. The second-order valence-electron chi connectivity index (χ2n) is 6.19. The van der Waals surface area contributed by atoms with Crippen LogP contribution in [0.5, 0.6) is 0 Å². The highest BCUT2D eigenvalue weighted by Crippen LogP contribution is 2.33. The van der Waals surface area contributed by atoms with Crippen molar-refractivity contribution in [3.8, 4) is 0 Å². The number of anilines is 2. The Bertz CT molecular complexity index is 727. The molecular formula is C19H21ClN2O. The van der Waals surface area contributed by atoms with Crippen LogP contribution in [0.3, 0.4) is 0 Å². The fraction of sp³-hybridized carbons (Fsp3) is 0.316. The minimum atomic E-state index is -0.0766. The van der Waals surface area contributed by atoms with Crippen molar-refractivity contribution in [3.63, 3.8) is 0 Å². The van der Waals surface area contributed by atoms with E-state index in [4.69, 9.17) is 11.6 Å². The highest BCUT2D eigenvalue weighted by molar-refractivity contribution is 6.33. The number of amides is 1. The van der Waals surface area contributed by atoms with Gasteiger partial charge in [0.1, 0.15) is 0 Å². The average molecular weight is 329 g/mol. The van der Waals surface area contributed by atoms with Crippen LogP contribution in [0.15, 0.2) is 42.5 Å². The predicted molar refractivity (Wildman–Crippen MR) is 96.5 cm³/mol. The van der Waals surface area contributed by atoms with Crippen LogP contribution in [0.2, 0.25) is 5.02 Å². The Kier molecular flexibility index (Phi) is 4.58. The third-order valence-electron chi connectivity index (χ3n) is 4.38. The molecule has 23 heavy (non-hydrogen) atoms. The lowest BCUT2D eigenvalue weighted by atomic mass is 9.82. The predicted octanol–water partition coefficient (Wildman–Crippen LogP) is 4.46. The molecule has 1 unspecified atom stereocenters. The summed E-state index contributed by atoms with van der Waals surface area (Å²) in [4.78, 5) is 14.6. The van der Waals surface area contributed by atoms with E-state index in [-0.39, 0.29) is 11.8 Å². The number of carbonyl (C=O) groups is 1. The summed E-state index contributed by atoms with van der Waals surface area (Å²) < 4.78 is 0. The number of carbonyl (C=O) groups excluding carboxylic acids is 1. The van der Waals surface area contributed by atoms with E-state index in [0.29, 0.717) is 5.02 Å². The number of nitrogens with zero attached hydrogens (tertiary/aromatic N) is 1. The summed E-state index contributed by atoms with van der Waals surface area (Å²) >= 11 is 6.28.